The highest BCUT2D eigenvalue weighted by Gasteiger charge is 2.29. The molecule has 0 amide bonds. The standard InChI is InChI=1S/C23H22F3NO3S.C4H6/c1-15(2)21(31-14-16-6-8-17(9-7-16)23(24,25)26)12-27-11-10-18-19(27)4-3-5-20(18)30-13-22(28)29;1-3-4-2/h3-11H,12-14H2,1-2H3,(H,28,29);1H,4H2,2H3. The van der Waals surface area contributed by atoms with Gasteiger partial charge in [0.15, 0.2) is 6.61 Å². The molecular formula is C27H28F3NO3S. The summed E-state index contributed by atoms with van der Waals surface area (Å²) in [5.74, 6) is 2.46. The summed E-state index contributed by atoms with van der Waals surface area (Å²) in [7, 11) is 0. The number of hydrogen-bond acceptors (Lipinski definition) is 3. The maximum atomic E-state index is 12.7. The Balaban J connectivity index is 0.00000100. The molecule has 0 saturated carbocycles. The molecule has 0 saturated heterocycles. The summed E-state index contributed by atoms with van der Waals surface area (Å²) < 4.78 is 45.6. The van der Waals surface area contributed by atoms with Crippen molar-refractivity contribution in [3.8, 4) is 18.1 Å². The Kier molecular flexibility index (Phi) is 10.3. The zero-order valence-corrected chi connectivity index (χ0v) is 20.7. The fourth-order valence-corrected chi connectivity index (χ4v) is 4.11. The number of carboxylic acids is 1. The van der Waals surface area contributed by atoms with Gasteiger partial charge in [-0.2, -0.15) is 13.2 Å². The first kappa shape index (κ1) is 27.9. The average molecular weight is 504 g/mol. The van der Waals surface area contributed by atoms with Crippen LogP contribution in [0.15, 0.2) is 65.2 Å². The van der Waals surface area contributed by atoms with E-state index in [1.807, 2.05) is 49.7 Å². The van der Waals surface area contributed by atoms with E-state index in [1.165, 1.54) is 12.1 Å². The van der Waals surface area contributed by atoms with Gasteiger partial charge >= 0.3 is 12.1 Å². The van der Waals surface area contributed by atoms with Crippen molar-refractivity contribution >= 4 is 28.6 Å². The Labute approximate surface area is 207 Å². The van der Waals surface area contributed by atoms with Gasteiger partial charge in [-0.3, -0.25) is 0 Å². The molecule has 0 fully saturated rings. The lowest BCUT2D eigenvalue weighted by Crippen LogP contribution is -2.09. The van der Waals surface area contributed by atoms with E-state index in [0.29, 0.717) is 18.0 Å². The Morgan fingerprint density at radius 2 is 1.80 bits per heavy atom. The van der Waals surface area contributed by atoms with Crippen LogP contribution in [-0.2, 0) is 23.3 Å². The van der Waals surface area contributed by atoms with E-state index in [9.17, 15) is 18.0 Å². The minimum atomic E-state index is -4.33. The highest BCUT2D eigenvalue weighted by Crippen LogP contribution is 2.32. The molecule has 3 rings (SSSR count). The quantitative estimate of drug-likeness (QED) is 0.326. The Morgan fingerprint density at radius 3 is 2.34 bits per heavy atom. The van der Waals surface area contributed by atoms with Gasteiger partial charge in [0.2, 0.25) is 0 Å². The summed E-state index contributed by atoms with van der Waals surface area (Å²) in [6.07, 6.45) is 3.21. The first-order valence-corrected chi connectivity index (χ1v) is 11.9. The molecule has 1 heterocycles. The van der Waals surface area contributed by atoms with Crippen LogP contribution in [-0.4, -0.2) is 22.2 Å². The van der Waals surface area contributed by atoms with Gasteiger partial charge < -0.3 is 14.4 Å². The van der Waals surface area contributed by atoms with Crippen LogP contribution in [0.1, 0.15) is 38.3 Å². The first-order chi connectivity index (χ1) is 16.6. The third-order valence-corrected chi connectivity index (χ3v) is 6.26. The molecule has 35 heavy (non-hydrogen) atoms. The zero-order valence-electron chi connectivity index (χ0n) is 19.9. The number of carbonyl (C=O) groups is 1. The summed E-state index contributed by atoms with van der Waals surface area (Å²) >= 11 is 1.59. The van der Waals surface area contributed by atoms with Crippen LogP contribution < -0.4 is 4.74 Å². The minimum absolute atomic E-state index is 0.410. The minimum Gasteiger partial charge on any atom is -0.481 e. The summed E-state index contributed by atoms with van der Waals surface area (Å²) in [6, 6.07) is 12.6. The molecule has 0 aliphatic heterocycles. The van der Waals surface area contributed by atoms with Gasteiger partial charge in [-0.05, 0) is 49.7 Å². The molecule has 0 aliphatic rings. The van der Waals surface area contributed by atoms with Gasteiger partial charge in [-0.25, -0.2) is 4.79 Å². The van der Waals surface area contributed by atoms with Crippen molar-refractivity contribution in [2.24, 2.45) is 0 Å². The fourth-order valence-electron chi connectivity index (χ4n) is 3.06. The molecule has 0 atom stereocenters. The third-order valence-electron chi connectivity index (χ3n) is 4.89. The average Bonchev–Trinajstić information content (AvgIpc) is 3.23. The number of aliphatic carboxylic acids is 1. The van der Waals surface area contributed by atoms with Crippen molar-refractivity contribution < 1.29 is 27.8 Å². The molecule has 186 valence electrons. The van der Waals surface area contributed by atoms with E-state index in [0.717, 1.165) is 45.5 Å². The topological polar surface area (TPSA) is 51.5 Å². The smallest absolute Gasteiger partial charge is 0.416 e. The maximum absolute atomic E-state index is 12.7. The molecule has 8 heteroatoms. The predicted octanol–water partition coefficient (Wildman–Crippen LogP) is 7.38. The highest BCUT2D eigenvalue weighted by atomic mass is 32.2. The van der Waals surface area contributed by atoms with E-state index < -0.39 is 24.3 Å². The van der Waals surface area contributed by atoms with Crippen molar-refractivity contribution in [3.63, 3.8) is 0 Å². The van der Waals surface area contributed by atoms with Crippen LogP contribution in [0.3, 0.4) is 0 Å². The predicted molar refractivity (Wildman–Crippen MR) is 135 cm³/mol. The van der Waals surface area contributed by atoms with E-state index in [1.54, 1.807) is 17.8 Å². The number of aromatic nitrogens is 1. The fraction of sp³-hybridized carbons (Fsp3) is 0.296. The molecule has 3 aromatic rings. The molecule has 0 spiro atoms. The monoisotopic (exact) mass is 503 g/mol. The SMILES string of the molecule is C#CCC.CC(C)=C(Cn1ccc2c(OCC(=O)O)cccc21)SCc1ccc(C(F)(F)F)cc1. The molecular weight excluding hydrogens is 475 g/mol. The number of nitrogens with zero attached hydrogens (tertiary/aromatic N) is 1. The van der Waals surface area contributed by atoms with Crippen LogP contribution >= 0.6 is 11.8 Å². The van der Waals surface area contributed by atoms with Crippen molar-refractivity contribution in [1.29, 1.82) is 0 Å². The van der Waals surface area contributed by atoms with Gasteiger partial charge in [0.25, 0.3) is 0 Å². The van der Waals surface area contributed by atoms with E-state index in [-0.39, 0.29) is 0 Å². The van der Waals surface area contributed by atoms with Crippen LogP contribution in [0.4, 0.5) is 13.2 Å². The van der Waals surface area contributed by atoms with Crippen LogP contribution in [0.25, 0.3) is 10.9 Å². The number of hydrogen-bond donors (Lipinski definition) is 1. The number of alkyl halides is 3. The lowest BCUT2D eigenvalue weighted by molar-refractivity contribution is -0.139. The largest absolute Gasteiger partial charge is 0.481 e. The number of carboxylic acid groups (broad SMARTS) is 1. The second-order valence-electron chi connectivity index (χ2n) is 7.78. The second kappa shape index (κ2) is 13.0. The molecule has 0 bridgehead atoms. The summed E-state index contributed by atoms with van der Waals surface area (Å²) in [4.78, 5) is 11.9. The lowest BCUT2D eigenvalue weighted by atomic mass is 10.1. The van der Waals surface area contributed by atoms with Crippen LogP contribution in [0.5, 0.6) is 5.75 Å². The Hall–Kier alpha value is -3.31. The molecule has 0 radical (unpaired) electrons. The number of rotatable bonds is 8. The number of allylic oxidation sites excluding steroid dienone is 2. The van der Waals surface area contributed by atoms with Crippen molar-refractivity contribution in [3.05, 3.63) is 76.3 Å². The van der Waals surface area contributed by atoms with Gasteiger partial charge in [0, 0.05) is 28.7 Å². The third kappa shape index (κ3) is 8.45. The lowest BCUT2D eigenvalue weighted by Gasteiger charge is -2.13. The van der Waals surface area contributed by atoms with Crippen LogP contribution in [0, 0.1) is 12.3 Å². The number of terminal acetylenes is 1. The molecule has 4 nitrogen and oxygen atoms in total. The van der Waals surface area contributed by atoms with Crippen molar-refractivity contribution in [2.75, 3.05) is 6.61 Å². The van der Waals surface area contributed by atoms with Crippen molar-refractivity contribution in [2.45, 2.75) is 45.7 Å². The molecule has 0 unspecified atom stereocenters. The van der Waals surface area contributed by atoms with E-state index >= 15 is 0 Å². The summed E-state index contributed by atoms with van der Waals surface area (Å²) in [5.41, 5.74) is 2.20. The number of fused-ring (bicyclic) bond motifs is 1. The normalized spacial score (nSPS) is 10.8. The second-order valence-corrected chi connectivity index (χ2v) is 8.85. The van der Waals surface area contributed by atoms with Crippen LogP contribution in [0.2, 0.25) is 0 Å². The Bertz CT molecular complexity index is 1200. The first-order valence-electron chi connectivity index (χ1n) is 10.9. The molecule has 1 aromatic heterocycles. The maximum Gasteiger partial charge on any atom is 0.416 e. The number of ether oxygens (including phenoxy) is 1. The molecule has 0 aliphatic carbocycles. The highest BCUT2D eigenvalue weighted by molar-refractivity contribution is 8.02. The summed E-state index contributed by atoms with van der Waals surface area (Å²) in [6.45, 7) is 6.14. The van der Waals surface area contributed by atoms with Gasteiger partial charge in [0.05, 0.1) is 17.6 Å². The summed E-state index contributed by atoms with van der Waals surface area (Å²) in [5, 5.41) is 9.67. The van der Waals surface area contributed by atoms with Gasteiger partial charge in [-0.1, -0.05) is 30.7 Å². The van der Waals surface area contributed by atoms with Gasteiger partial charge in [0.1, 0.15) is 5.75 Å². The molecule has 2 aromatic carbocycles. The zero-order chi connectivity index (χ0) is 26.0. The van der Waals surface area contributed by atoms with E-state index in [2.05, 4.69) is 5.92 Å². The van der Waals surface area contributed by atoms with Crippen molar-refractivity contribution in [1.82, 2.24) is 4.57 Å². The number of halogens is 3. The number of thioether (sulfide) groups is 1. The van der Waals surface area contributed by atoms with Gasteiger partial charge in [-0.15, -0.1) is 24.1 Å². The number of benzene rings is 2. The van der Waals surface area contributed by atoms with E-state index in [4.69, 9.17) is 16.3 Å². The molecule has 1 N–H and O–H groups in total. The Morgan fingerprint density at radius 1 is 1.14 bits per heavy atom.